The van der Waals surface area contributed by atoms with Gasteiger partial charge in [-0.1, -0.05) is 84.9 Å². The van der Waals surface area contributed by atoms with Crippen LogP contribution in [0, 0.1) is 0 Å². The topological polar surface area (TPSA) is 0 Å². The highest BCUT2D eigenvalue weighted by Gasteiger charge is 2.48. The van der Waals surface area contributed by atoms with E-state index in [0.29, 0.717) is 5.92 Å². The van der Waals surface area contributed by atoms with Crippen LogP contribution in [0.25, 0.3) is 33.4 Å². The predicted octanol–water partition coefficient (Wildman–Crippen LogP) is 8.64. The van der Waals surface area contributed by atoms with E-state index >= 15 is 0 Å². The molecule has 0 saturated heterocycles. The van der Waals surface area contributed by atoms with Crippen molar-refractivity contribution in [3.63, 3.8) is 0 Å². The molecule has 0 N–H and O–H groups in total. The van der Waals surface area contributed by atoms with Gasteiger partial charge in [0.1, 0.15) is 5.56 Å². The SMILES string of the molecule is F[B-](F)(F)F.c1ccc(-c2c(-c3ccccc3)[c+]2C2c3ccccc3-c3ccccc32)cc1. The first-order valence-electron chi connectivity index (χ1n) is 10.7. The molecule has 0 atom stereocenters. The molecular formula is C28H19BF4. The summed E-state index contributed by atoms with van der Waals surface area (Å²) in [6.45, 7) is 0. The van der Waals surface area contributed by atoms with Crippen molar-refractivity contribution in [2.75, 3.05) is 0 Å². The van der Waals surface area contributed by atoms with Crippen LogP contribution in [0.2, 0.25) is 0 Å². The molecule has 0 spiro atoms. The van der Waals surface area contributed by atoms with E-state index in [0.717, 1.165) is 0 Å². The van der Waals surface area contributed by atoms with Gasteiger partial charge in [0.25, 0.3) is 0 Å². The van der Waals surface area contributed by atoms with Crippen LogP contribution in [-0.4, -0.2) is 7.25 Å². The van der Waals surface area contributed by atoms with Crippen LogP contribution >= 0.6 is 0 Å². The summed E-state index contributed by atoms with van der Waals surface area (Å²) in [4.78, 5) is 0. The number of hydrogen-bond donors (Lipinski definition) is 0. The molecule has 0 aromatic heterocycles. The summed E-state index contributed by atoms with van der Waals surface area (Å²) in [6, 6.07) is 39.4. The van der Waals surface area contributed by atoms with Crippen molar-refractivity contribution in [3.05, 3.63) is 126 Å². The van der Waals surface area contributed by atoms with Crippen LogP contribution in [0.5, 0.6) is 0 Å². The van der Waals surface area contributed by atoms with Gasteiger partial charge in [-0.25, -0.2) is 0 Å². The predicted molar refractivity (Wildman–Crippen MR) is 127 cm³/mol. The molecule has 1 aliphatic rings. The molecule has 0 saturated carbocycles. The number of fused-ring (bicyclic) bond motifs is 3. The van der Waals surface area contributed by atoms with Gasteiger partial charge in [-0.3, -0.25) is 0 Å². The summed E-state index contributed by atoms with van der Waals surface area (Å²) < 4.78 is 39.0. The van der Waals surface area contributed by atoms with Crippen LogP contribution < -0.4 is 0 Å². The van der Waals surface area contributed by atoms with E-state index in [2.05, 4.69) is 109 Å². The third kappa shape index (κ3) is 4.19. The van der Waals surface area contributed by atoms with Crippen molar-refractivity contribution in [2.24, 2.45) is 0 Å². The van der Waals surface area contributed by atoms with E-state index in [-0.39, 0.29) is 0 Å². The maximum Gasteiger partial charge on any atom is 0.673 e. The largest absolute Gasteiger partial charge is 0.673 e. The van der Waals surface area contributed by atoms with Gasteiger partial charge >= 0.3 is 7.25 Å². The molecule has 0 radical (unpaired) electrons. The van der Waals surface area contributed by atoms with Crippen LogP contribution in [0.1, 0.15) is 22.6 Å². The fourth-order valence-corrected chi connectivity index (χ4v) is 4.77. The second kappa shape index (κ2) is 8.32. The average molecular weight is 442 g/mol. The van der Waals surface area contributed by atoms with Crippen molar-refractivity contribution in [2.45, 2.75) is 5.92 Å². The summed E-state index contributed by atoms with van der Waals surface area (Å²) in [5, 5.41) is 0. The summed E-state index contributed by atoms with van der Waals surface area (Å²) in [5.41, 5.74) is 12.6. The zero-order valence-electron chi connectivity index (χ0n) is 17.6. The Bertz CT molecular complexity index is 1250. The van der Waals surface area contributed by atoms with Crippen LogP contribution in [-0.2, 0) is 0 Å². The Morgan fingerprint density at radius 2 is 0.818 bits per heavy atom. The van der Waals surface area contributed by atoms with Crippen LogP contribution in [0.15, 0.2) is 109 Å². The standard InChI is InChI=1S/C28H19.BF4/c1-3-11-19(12-4-1)25-26(20-13-5-2-6-14-20)28(25)27-23-17-9-7-15-21(23)22-16-8-10-18-24(22)27;2-1(3,4)5/h1-18,27H;/q+1;-1. The Morgan fingerprint density at radius 1 is 0.485 bits per heavy atom. The molecular weight excluding hydrogens is 423 g/mol. The second-order valence-corrected chi connectivity index (χ2v) is 8.00. The van der Waals surface area contributed by atoms with Crippen molar-refractivity contribution in [3.8, 4) is 33.4 Å². The molecule has 162 valence electrons. The van der Waals surface area contributed by atoms with E-state index in [1.165, 1.54) is 50.1 Å². The molecule has 0 unspecified atom stereocenters. The van der Waals surface area contributed by atoms with Gasteiger partial charge in [-0.15, -0.1) is 0 Å². The normalized spacial score (nSPS) is 12.7. The van der Waals surface area contributed by atoms with E-state index in [1.807, 2.05) is 0 Å². The fourth-order valence-electron chi connectivity index (χ4n) is 4.77. The Hall–Kier alpha value is -3.73. The van der Waals surface area contributed by atoms with E-state index in [9.17, 15) is 17.3 Å². The van der Waals surface area contributed by atoms with Gasteiger partial charge < -0.3 is 17.3 Å². The molecule has 5 aromatic carbocycles. The molecule has 5 heteroatoms. The lowest BCUT2D eigenvalue weighted by molar-refractivity contribution is 0.368. The van der Waals surface area contributed by atoms with E-state index < -0.39 is 7.25 Å². The summed E-state index contributed by atoms with van der Waals surface area (Å²) in [7, 11) is -6.00. The third-order valence-corrected chi connectivity index (χ3v) is 5.97. The smallest absolute Gasteiger partial charge is 0.418 e. The monoisotopic (exact) mass is 442 g/mol. The highest BCUT2D eigenvalue weighted by atomic mass is 19.5. The summed E-state index contributed by atoms with van der Waals surface area (Å²) >= 11 is 0. The number of benzene rings is 4. The first kappa shape index (κ1) is 21.1. The van der Waals surface area contributed by atoms with E-state index in [4.69, 9.17) is 0 Å². The Balaban J connectivity index is 0.000000416. The molecule has 6 rings (SSSR count). The lowest BCUT2D eigenvalue weighted by Crippen LogP contribution is -2.02. The van der Waals surface area contributed by atoms with Crippen LogP contribution in [0.4, 0.5) is 17.3 Å². The van der Waals surface area contributed by atoms with Crippen molar-refractivity contribution in [1.82, 2.24) is 0 Å². The zero-order valence-corrected chi connectivity index (χ0v) is 17.6. The van der Waals surface area contributed by atoms with Crippen molar-refractivity contribution in [1.29, 1.82) is 0 Å². The summed E-state index contributed by atoms with van der Waals surface area (Å²) in [6.07, 6.45) is 0. The maximum absolute atomic E-state index is 9.75. The fraction of sp³-hybridized carbons (Fsp3) is 0.0357. The Labute approximate surface area is 190 Å². The zero-order chi connectivity index (χ0) is 23.0. The minimum atomic E-state index is -6.00. The number of hydrogen-bond acceptors (Lipinski definition) is 0. The van der Waals surface area contributed by atoms with Crippen molar-refractivity contribution < 1.29 is 17.3 Å². The molecule has 5 aromatic rings. The first-order chi connectivity index (χ1) is 15.9. The molecule has 0 heterocycles. The third-order valence-electron chi connectivity index (χ3n) is 5.97. The second-order valence-electron chi connectivity index (χ2n) is 8.00. The molecule has 0 fully saturated rings. The highest BCUT2D eigenvalue weighted by Crippen LogP contribution is 2.59. The maximum atomic E-state index is 9.75. The molecule has 0 aliphatic heterocycles. The van der Waals surface area contributed by atoms with Gasteiger partial charge in [0.15, 0.2) is 11.1 Å². The van der Waals surface area contributed by atoms with Gasteiger partial charge in [0, 0.05) is 0 Å². The van der Waals surface area contributed by atoms with Gasteiger partial charge in [0.2, 0.25) is 0 Å². The van der Waals surface area contributed by atoms with E-state index in [1.54, 1.807) is 0 Å². The molecule has 0 bridgehead atoms. The van der Waals surface area contributed by atoms with Crippen molar-refractivity contribution >= 4 is 7.25 Å². The molecule has 0 amide bonds. The summed E-state index contributed by atoms with van der Waals surface area (Å²) in [5.74, 6) is 0.317. The molecule has 0 nitrogen and oxygen atoms in total. The molecule has 33 heavy (non-hydrogen) atoms. The average Bonchev–Trinajstić information content (AvgIpc) is 3.46. The van der Waals surface area contributed by atoms with Gasteiger partial charge in [0.05, 0.1) is 17.0 Å². The molecule has 1 aliphatic carbocycles. The Kier molecular flexibility index (Phi) is 5.33. The quantitative estimate of drug-likeness (QED) is 0.146. The number of halogens is 4. The van der Waals surface area contributed by atoms with Gasteiger partial charge in [-0.2, -0.15) is 0 Å². The minimum absolute atomic E-state index is 0.317. The first-order valence-corrected chi connectivity index (χ1v) is 10.7. The lowest BCUT2D eigenvalue weighted by atomic mass is 9.92. The lowest BCUT2D eigenvalue weighted by Gasteiger charge is -2.05. The number of rotatable bonds is 3. The Morgan fingerprint density at radius 3 is 1.21 bits per heavy atom. The highest BCUT2D eigenvalue weighted by molar-refractivity contribution is 6.50. The minimum Gasteiger partial charge on any atom is -0.418 e. The van der Waals surface area contributed by atoms with Crippen LogP contribution in [0.3, 0.4) is 0 Å². The van der Waals surface area contributed by atoms with Gasteiger partial charge in [-0.05, 0) is 46.5 Å².